The number of aliphatic hydroxyl groups is 3. The van der Waals surface area contributed by atoms with Crippen molar-refractivity contribution in [3.63, 3.8) is 0 Å². The maximum absolute atomic E-state index is 8.92. The molecule has 5 aromatic rings. The summed E-state index contributed by atoms with van der Waals surface area (Å²) >= 11 is 0. The Balaban J connectivity index is 0.000000171. The molecule has 0 aromatic heterocycles. The molecule has 0 saturated carbocycles. The van der Waals surface area contributed by atoms with Gasteiger partial charge in [0.05, 0.1) is 13.2 Å². The van der Waals surface area contributed by atoms with E-state index in [-0.39, 0.29) is 13.2 Å². The van der Waals surface area contributed by atoms with E-state index in [0.717, 1.165) is 0 Å². The summed E-state index contributed by atoms with van der Waals surface area (Å²) in [6.45, 7) is -0.120. The summed E-state index contributed by atoms with van der Waals surface area (Å²) in [4.78, 5) is 0. The Morgan fingerprint density at radius 2 is 1.41 bits per heavy atom. The second-order valence-electron chi connectivity index (χ2n) is 7.57. The first kappa shape index (κ1) is 18.3. The number of benzene rings is 5. The first-order valence-electron chi connectivity index (χ1n) is 9.81. The summed E-state index contributed by atoms with van der Waals surface area (Å²) in [7, 11) is 0. The summed E-state index contributed by atoms with van der Waals surface area (Å²) in [6.07, 6.45) is -2.35. The van der Waals surface area contributed by atoms with Crippen molar-refractivity contribution in [3.05, 3.63) is 72.8 Å². The number of fused-ring (bicyclic) bond motifs is 2. The van der Waals surface area contributed by atoms with Crippen LogP contribution in [0.3, 0.4) is 0 Å². The lowest BCUT2D eigenvalue weighted by atomic mass is 9.91. The lowest BCUT2D eigenvalue weighted by Gasteiger charge is -2.12. The summed E-state index contributed by atoms with van der Waals surface area (Å²) < 4.78 is 4.78. The van der Waals surface area contributed by atoms with Gasteiger partial charge in [-0.3, -0.25) is 0 Å². The zero-order valence-corrected chi connectivity index (χ0v) is 15.8. The molecule has 4 nitrogen and oxygen atoms in total. The zero-order chi connectivity index (χ0) is 20.0. The molecule has 3 N–H and O–H groups in total. The van der Waals surface area contributed by atoms with Crippen molar-refractivity contribution in [2.75, 3.05) is 13.2 Å². The highest BCUT2D eigenvalue weighted by Gasteiger charge is 2.33. The standard InChI is InChI=1S/C20H12.C5H10O4/c1-2-7-17-15(4-1)12-16-9-8-13-5-3-6-14-10-11-18(17)20(16)19(13)14;6-1-4-5(8)3(7)2-9-4/h1-12H;3-8H,1-2H2/t;3-,4+,5-/m.0/s1. The van der Waals surface area contributed by atoms with Gasteiger partial charge in [-0.25, -0.2) is 0 Å². The largest absolute Gasteiger partial charge is 0.394 e. The fourth-order valence-electron chi connectivity index (χ4n) is 4.32. The van der Waals surface area contributed by atoms with E-state index in [1.54, 1.807) is 0 Å². The van der Waals surface area contributed by atoms with Gasteiger partial charge in [0.2, 0.25) is 0 Å². The summed E-state index contributed by atoms with van der Waals surface area (Å²) in [5.74, 6) is 0. The van der Waals surface area contributed by atoms with E-state index in [9.17, 15) is 0 Å². The number of rotatable bonds is 1. The number of hydrogen-bond donors (Lipinski definition) is 3. The van der Waals surface area contributed by atoms with Crippen molar-refractivity contribution >= 4 is 43.1 Å². The Morgan fingerprint density at radius 3 is 2.10 bits per heavy atom. The minimum atomic E-state index is -0.921. The molecule has 6 rings (SSSR count). The highest BCUT2D eigenvalue weighted by Crippen LogP contribution is 2.38. The van der Waals surface area contributed by atoms with Crippen molar-refractivity contribution in [1.82, 2.24) is 0 Å². The van der Waals surface area contributed by atoms with Gasteiger partial charge in [0.1, 0.15) is 18.3 Å². The van der Waals surface area contributed by atoms with Crippen LogP contribution in [0.2, 0.25) is 0 Å². The highest BCUT2D eigenvalue weighted by molar-refractivity contribution is 6.28. The zero-order valence-electron chi connectivity index (χ0n) is 15.8. The van der Waals surface area contributed by atoms with Crippen LogP contribution in [0.4, 0.5) is 0 Å². The Bertz CT molecular complexity index is 1280. The van der Waals surface area contributed by atoms with Crippen molar-refractivity contribution in [3.8, 4) is 0 Å². The molecule has 4 heteroatoms. The van der Waals surface area contributed by atoms with E-state index in [1.807, 2.05) is 0 Å². The van der Waals surface area contributed by atoms with E-state index in [1.165, 1.54) is 43.1 Å². The summed E-state index contributed by atoms with van der Waals surface area (Å²) in [5.41, 5.74) is 0. The molecule has 5 aromatic carbocycles. The van der Waals surface area contributed by atoms with Gasteiger partial charge in [0.25, 0.3) is 0 Å². The quantitative estimate of drug-likeness (QED) is 0.302. The monoisotopic (exact) mass is 386 g/mol. The molecule has 146 valence electrons. The maximum atomic E-state index is 8.92. The smallest absolute Gasteiger partial charge is 0.110 e. The van der Waals surface area contributed by atoms with Gasteiger partial charge in [0.15, 0.2) is 0 Å². The van der Waals surface area contributed by atoms with Crippen molar-refractivity contribution in [2.24, 2.45) is 0 Å². The van der Waals surface area contributed by atoms with E-state index < -0.39 is 18.3 Å². The Hall–Kier alpha value is -2.76. The van der Waals surface area contributed by atoms with Crippen LogP contribution in [0, 0.1) is 0 Å². The van der Waals surface area contributed by atoms with Crippen LogP contribution in [-0.4, -0.2) is 46.8 Å². The van der Waals surface area contributed by atoms with Crippen LogP contribution < -0.4 is 0 Å². The molecule has 1 aliphatic rings. The Morgan fingerprint density at radius 1 is 0.724 bits per heavy atom. The predicted molar refractivity (Wildman–Crippen MR) is 116 cm³/mol. The van der Waals surface area contributed by atoms with Gasteiger partial charge in [-0.15, -0.1) is 0 Å². The SMILES string of the molecule is OC[C@H]1OC[C@H](O)[C@@H]1O.c1ccc2c(c1)cc1ccc3cccc4ccc2c1c34. The van der Waals surface area contributed by atoms with E-state index >= 15 is 0 Å². The first-order valence-corrected chi connectivity index (χ1v) is 9.81. The third-order valence-corrected chi connectivity index (χ3v) is 5.81. The summed E-state index contributed by atoms with van der Waals surface area (Å²) in [5, 5.41) is 37.0. The second kappa shape index (κ2) is 7.25. The normalized spacial score (nSPS) is 21.8. The van der Waals surface area contributed by atoms with Gasteiger partial charge in [-0.2, -0.15) is 0 Å². The van der Waals surface area contributed by atoms with Crippen molar-refractivity contribution < 1.29 is 20.1 Å². The van der Waals surface area contributed by atoms with Crippen LogP contribution in [0.5, 0.6) is 0 Å². The molecule has 1 fully saturated rings. The molecular formula is C25H22O4. The van der Waals surface area contributed by atoms with Crippen LogP contribution in [0.1, 0.15) is 0 Å². The van der Waals surface area contributed by atoms with Gasteiger partial charge in [-0.05, 0) is 49.2 Å². The molecule has 1 aliphatic heterocycles. The van der Waals surface area contributed by atoms with Crippen LogP contribution in [0.25, 0.3) is 43.1 Å². The van der Waals surface area contributed by atoms with Gasteiger partial charge in [0, 0.05) is 0 Å². The fraction of sp³-hybridized carbons (Fsp3) is 0.200. The van der Waals surface area contributed by atoms with E-state index in [2.05, 4.69) is 72.8 Å². The topological polar surface area (TPSA) is 69.9 Å². The lowest BCUT2D eigenvalue weighted by Crippen LogP contribution is -2.31. The molecule has 29 heavy (non-hydrogen) atoms. The van der Waals surface area contributed by atoms with Crippen molar-refractivity contribution in [1.29, 1.82) is 0 Å². The molecule has 0 amide bonds. The number of aliphatic hydroxyl groups excluding tert-OH is 3. The molecule has 0 radical (unpaired) electrons. The van der Waals surface area contributed by atoms with Gasteiger partial charge in [-0.1, -0.05) is 66.7 Å². The molecule has 0 bridgehead atoms. The van der Waals surface area contributed by atoms with E-state index in [0.29, 0.717) is 0 Å². The average Bonchev–Trinajstić information content (AvgIpc) is 3.09. The van der Waals surface area contributed by atoms with E-state index in [4.69, 9.17) is 20.1 Å². The molecule has 1 saturated heterocycles. The van der Waals surface area contributed by atoms with Gasteiger partial charge >= 0.3 is 0 Å². The number of ether oxygens (including phenoxy) is 1. The lowest BCUT2D eigenvalue weighted by molar-refractivity contribution is -0.00588. The molecular weight excluding hydrogens is 364 g/mol. The van der Waals surface area contributed by atoms with Crippen LogP contribution in [-0.2, 0) is 4.74 Å². The average molecular weight is 386 g/mol. The Kier molecular flexibility index (Phi) is 4.57. The number of hydrogen-bond acceptors (Lipinski definition) is 4. The van der Waals surface area contributed by atoms with Crippen LogP contribution >= 0.6 is 0 Å². The maximum Gasteiger partial charge on any atom is 0.110 e. The Labute approximate surface area is 167 Å². The molecule has 0 unspecified atom stereocenters. The minimum absolute atomic E-state index is 0.117. The highest BCUT2D eigenvalue weighted by atomic mass is 16.5. The first-order chi connectivity index (χ1) is 14.2. The second-order valence-corrected chi connectivity index (χ2v) is 7.57. The third-order valence-electron chi connectivity index (χ3n) is 5.81. The van der Waals surface area contributed by atoms with Crippen molar-refractivity contribution in [2.45, 2.75) is 18.3 Å². The predicted octanol–water partition coefficient (Wildman–Crippen LogP) is 3.84. The van der Waals surface area contributed by atoms with Crippen LogP contribution in [0.15, 0.2) is 72.8 Å². The third kappa shape index (κ3) is 3.02. The molecule has 3 atom stereocenters. The minimum Gasteiger partial charge on any atom is -0.394 e. The fourth-order valence-corrected chi connectivity index (χ4v) is 4.32. The molecule has 0 spiro atoms. The summed E-state index contributed by atoms with van der Waals surface area (Å²) in [6, 6.07) is 26.5. The molecule has 1 heterocycles. The molecule has 0 aliphatic carbocycles. The van der Waals surface area contributed by atoms with Gasteiger partial charge < -0.3 is 20.1 Å².